The van der Waals surface area contributed by atoms with Gasteiger partial charge < -0.3 is 15.0 Å². The summed E-state index contributed by atoms with van der Waals surface area (Å²) in [6, 6.07) is 6.24. The van der Waals surface area contributed by atoms with E-state index in [4.69, 9.17) is 16.3 Å². The summed E-state index contributed by atoms with van der Waals surface area (Å²) in [6.45, 7) is 6.05. The molecule has 0 spiro atoms. The Balaban J connectivity index is 1.79. The van der Waals surface area contributed by atoms with Crippen LogP contribution in [0.1, 0.15) is 31.7 Å². The number of morpholine rings is 1. The quantitative estimate of drug-likeness (QED) is 0.844. The van der Waals surface area contributed by atoms with Gasteiger partial charge in [0.1, 0.15) is 0 Å². The first-order valence-corrected chi connectivity index (χ1v) is 8.04. The van der Waals surface area contributed by atoms with E-state index in [2.05, 4.69) is 29.3 Å². The van der Waals surface area contributed by atoms with E-state index in [9.17, 15) is 0 Å². The number of hydrogen-bond donors (Lipinski definition) is 1. The van der Waals surface area contributed by atoms with Gasteiger partial charge in [-0.3, -0.25) is 0 Å². The average molecular weight is 295 g/mol. The SMILES string of the molecule is CCCNCc1c(Cl)cccc1N1CC2CCC(C1)O2. The van der Waals surface area contributed by atoms with Crippen LogP contribution in [0.15, 0.2) is 18.2 Å². The van der Waals surface area contributed by atoms with Gasteiger partial charge in [0.15, 0.2) is 0 Å². The number of nitrogens with one attached hydrogen (secondary N) is 1. The number of nitrogens with zero attached hydrogens (tertiary/aromatic N) is 1. The minimum Gasteiger partial charge on any atom is -0.371 e. The maximum atomic E-state index is 6.42. The number of fused-ring (bicyclic) bond motifs is 2. The van der Waals surface area contributed by atoms with Crippen molar-refractivity contribution in [1.29, 1.82) is 0 Å². The smallest absolute Gasteiger partial charge is 0.0755 e. The highest BCUT2D eigenvalue weighted by Crippen LogP contribution is 2.33. The van der Waals surface area contributed by atoms with Crippen molar-refractivity contribution in [3.63, 3.8) is 0 Å². The summed E-state index contributed by atoms with van der Waals surface area (Å²) >= 11 is 6.42. The normalized spacial score (nSPS) is 25.2. The minimum absolute atomic E-state index is 0.407. The molecule has 2 bridgehead atoms. The number of hydrogen-bond acceptors (Lipinski definition) is 3. The highest BCUT2D eigenvalue weighted by atomic mass is 35.5. The van der Waals surface area contributed by atoms with Crippen LogP contribution in [0.2, 0.25) is 5.02 Å². The van der Waals surface area contributed by atoms with Crippen molar-refractivity contribution < 1.29 is 4.74 Å². The summed E-state index contributed by atoms with van der Waals surface area (Å²) in [5, 5.41) is 4.33. The Morgan fingerprint density at radius 2 is 2.05 bits per heavy atom. The molecule has 0 aliphatic carbocycles. The third-order valence-electron chi connectivity index (χ3n) is 4.21. The minimum atomic E-state index is 0.407. The van der Waals surface area contributed by atoms with Gasteiger partial charge in [0.2, 0.25) is 0 Å². The summed E-state index contributed by atoms with van der Waals surface area (Å²) in [7, 11) is 0. The molecular formula is C16H23ClN2O. The first kappa shape index (κ1) is 14.2. The Morgan fingerprint density at radius 1 is 1.30 bits per heavy atom. The molecule has 2 heterocycles. The fourth-order valence-corrected chi connectivity index (χ4v) is 3.46. The van der Waals surface area contributed by atoms with E-state index in [1.807, 2.05) is 6.07 Å². The van der Waals surface area contributed by atoms with Crippen LogP contribution in [0.3, 0.4) is 0 Å². The van der Waals surface area contributed by atoms with Crippen molar-refractivity contribution in [2.75, 3.05) is 24.5 Å². The van der Waals surface area contributed by atoms with Gasteiger partial charge in [-0.1, -0.05) is 24.6 Å². The van der Waals surface area contributed by atoms with Crippen molar-refractivity contribution >= 4 is 17.3 Å². The zero-order chi connectivity index (χ0) is 13.9. The van der Waals surface area contributed by atoms with E-state index in [1.54, 1.807) is 0 Å². The Hall–Kier alpha value is -0.770. The molecule has 0 amide bonds. The second-order valence-electron chi connectivity index (χ2n) is 5.78. The molecule has 2 aliphatic heterocycles. The molecule has 110 valence electrons. The van der Waals surface area contributed by atoms with Crippen LogP contribution >= 0.6 is 11.6 Å². The van der Waals surface area contributed by atoms with Gasteiger partial charge in [-0.05, 0) is 37.9 Å². The molecule has 2 atom stereocenters. The highest BCUT2D eigenvalue weighted by molar-refractivity contribution is 6.31. The van der Waals surface area contributed by atoms with Gasteiger partial charge in [0, 0.05) is 35.9 Å². The number of rotatable bonds is 5. The summed E-state index contributed by atoms with van der Waals surface area (Å²) in [5.74, 6) is 0. The molecule has 2 saturated heterocycles. The lowest BCUT2D eigenvalue weighted by Gasteiger charge is -2.35. The molecule has 0 radical (unpaired) electrons. The van der Waals surface area contributed by atoms with E-state index in [-0.39, 0.29) is 0 Å². The highest BCUT2D eigenvalue weighted by Gasteiger charge is 2.34. The lowest BCUT2D eigenvalue weighted by Crippen LogP contribution is -2.43. The van der Waals surface area contributed by atoms with Crippen molar-refractivity contribution in [3.05, 3.63) is 28.8 Å². The Kier molecular flexibility index (Phi) is 4.49. The molecule has 3 nitrogen and oxygen atoms in total. The fourth-order valence-electron chi connectivity index (χ4n) is 3.22. The lowest BCUT2D eigenvalue weighted by molar-refractivity contribution is 0.0304. The van der Waals surface area contributed by atoms with Crippen molar-refractivity contribution in [3.8, 4) is 0 Å². The predicted octanol–water partition coefficient (Wildman–Crippen LogP) is 3.21. The largest absolute Gasteiger partial charge is 0.371 e. The third-order valence-corrected chi connectivity index (χ3v) is 4.56. The summed E-state index contributed by atoms with van der Waals surface area (Å²) in [4.78, 5) is 2.46. The first-order valence-electron chi connectivity index (χ1n) is 7.66. The zero-order valence-corrected chi connectivity index (χ0v) is 12.8. The number of ether oxygens (including phenoxy) is 1. The molecule has 3 rings (SSSR count). The number of anilines is 1. The van der Waals surface area contributed by atoms with Crippen molar-refractivity contribution in [2.45, 2.75) is 44.9 Å². The molecule has 4 heteroatoms. The predicted molar refractivity (Wildman–Crippen MR) is 83.6 cm³/mol. The second kappa shape index (κ2) is 6.33. The summed E-state index contributed by atoms with van der Waals surface area (Å²) < 4.78 is 5.93. The van der Waals surface area contributed by atoms with Crippen LogP contribution < -0.4 is 10.2 Å². The van der Waals surface area contributed by atoms with Crippen LogP contribution in [-0.4, -0.2) is 31.8 Å². The van der Waals surface area contributed by atoms with Gasteiger partial charge in [0.05, 0.1) is 12.2 Å². The standard InChI is InChI=1S/C16H23ClN2O/c1-2-8-18-9-14-15(17)4-3-5-16(14)19-10-12-6-7-13(11-19)20-12/h3-5,12-13,18H,2,6-11H2,1H3. The molecule has 2 fully saturated rings. The maximum absolute atomic E-state index is 6.42. The Bertz CT molecular complexity index is 454. The molecule has 0 aromatic heterocycles. The average Bonchev–Trinajstić information content (AvgIpc) is 2.79. The molecule has 1 N–H and O–H groups in total. The lowest BCUT2D eigenvalue weighted by atomic mass is 10.1. The Morgan fingerprint density at radius 3 is 2.75 bits per heavy atom. The van der Waals surface area contributed by atoms with Crippen molar-refractivity contribution in [1.82, 2.24) is 5.32 Å². The van der Waals surface area contributed by atoms with Crippen LogP contribution in [0.5, 0.6) is 0 Å². The molecule has 0 saturated carbocycles. The molecule has 2 aliphatic rings. The van der Waals surface area contributed by atoms with Crippen molar-refractivity contribution in [2.24, 2.45) is 0 Å². The van der Waals surface area contributed by atoms with E-state index < -0.39 is 0 Å². The second-order valence-corrected chi connectivity index (χ2v) is 6.18. The molecule has 1 aromatic carbocycles. The first-order chi connectivity index (χ1) is 9.78. The molecule has 1 aromatic rings. The van der Waals surface area contributed by atoms with Gasteiger partial charge >= 0.3 is 0 Å². The van der Waals surface area contributed by atoms with Gasteiger partial charge in [-0.2, -0.15) is 0 Å². The number of benzene rings is 1. The van der Waals surface area contributed by atoms with Gasteiger partial charge in [0.25, 0.3) is 0 Å². The van der Waals surface area contributed by atoms with E-state index in [1.165, 1.54) is 24.1 Å². The number of halogens is 1. The van der Waals surface area contributed by atoms with Crippen LogP contribution in [0.4, 0.5) is 5.69 Å². The maximum Gasteiger partial charge on any atom is 0.0755 e. The van der Waals surface area contributed by atoms with Gasteiger partial charge in [-0.25, -0.2) is 0 Å². The van der Waals surface area contributed by atoms with E-state index >= 15 is 0 Å². The Labute approximate surface area is 126 Å². The third kappa shape index (κ3) is 2.95. The molecular weight excluding hydrogens is 272 g/mol. The zero-order valence-electron chi connectivity index (χ0n) is 12.1. The van der Waals surface area contributed by atoms with Crippen LogP contribution in [0, 0.1) is 0 Å². The van der Waals surface area contributed by atoms with E-state index in [0.29, 0.717) is 12.2 Å². The van der Waals surface area contributed by atoms with E-state index in [0.717, 1.165) is 37.6 Å². The molecule has 20 heavy (non-hydrogen) atoms. The van der Waals surface area contributed by atoms with Crippen LogP contribution in [0.25, 0.3) is 0 Å². The fraction of sp³-hybridized carbons (Fsp3) is 0.625. The van der Waals surface area contributed by atoms with Crippen LogP contribution in [-0.2, 0) is 11.3 Å². The monoisotopic (exact) mass is 294 g/mol. The van der Waals surface area contributed by atoms with Gasteiger partial charge in [-0.15, -0.1) is 0 Å². The summed E-state index contributed by atoms with van der Waals surface area (Å²) in [5.41, 5.74) is 2.50. The molecule has 2 unspecified atom stereocenters. The summed E-state index contributed by atoms with van der Waals surface area (Å²) in [6.07, 6.45) is 4.35. The topological polar surface area (TPSA) is 24.5 Å².